The summed E-state index contributed by atoms with van der Waals surface area (Å²) in [4.78, 5) is 14.5. The second kappa shape index (κ2) is 5.65. The quantitative estimate of drug-likeness (QED) is 0.606. The van der Waals surface area contributed by atoms with Crippen LogP contribution in [0.1, 0.15) is 10.4 Å². The van der Waals surface area contributed by atoms with Crippen molar-refractivity contribution in [2.45, 2.75) is 12.3 Å². The van der Waals surface area contributed by atoms with Gasteiger partial charge in [0.2, 0.25) is 5.88 Å². The first-order valence-electron chi connectivity index (χ1n) is 4.70. The number of alkyl halides is 4. The second-order valence-corrected chi connectivity index (χ2v) is 3.23. The first kappa shape index (κ1) is 14.2. The third kappa shape index (κ3) is 3.57. The minimum absolute atomic E-state index is 0.0884. The van der Waals surface area contributed by atoms with Gasteiger partial charge in [0.05, 0.1) is 12.7 Å². The van der Waals surface area contributed by atoms with Crippen molar-refractivity contribution in [2.24, 2.45) is 0 Å². The standard InChI is InChI=1S/C10H9F4NO3/c1-17-8(16)6-2-3-7(15-4-6)18-5-10(13,14)9(11)12/h2-4,9H,5H2,1H3. The van der Waals surface area contributed by atoms with Gasteiger partial charge in [-0.15, -0.1) is 0 Å². The van der Waals surface area contributed by atoms with Gasteiger partial charge in [-0.05, 0) is 6.07 Å². The van der Waals surface area contributed by atoms with Crippen LogP contribution in [0.3, 0.4) is 0 Å². The maximum atomic E-state index is 12.5. The lowest BCUT2D eigenvalue weighted by molar-refractivity contribution is -0.148. The average molecular weight is 267 g/mol. The van der Waals surface area contributed by atoms with Gasteiger partial charge in [-0.3, -0.25) is 0 Å². The van der Waals surface area contributed by atoms with Crippen molar-refractivity contribution >= 4 is 5.97 Å². The fourth-order valence-electron chi connectivity index (χ4n) is 0.937. The summed E-state index contributed by atoms with van der Waals surface area (Å²) >= 11 is 0. The number of rotatable bonds is 5. The smallest absolute Gasteiger partial charge is 0.340 e. The van der Waals surface area contributed by atoms with Crippen LogP contribution in [0, 0.1) is 0 Å². The van der Waals surface area contributed by atoms with Gasteiger partial charge in [-0.1, -0.05) is 0 Å². The summed E-state index contributed by atoms with van der Waals surface area (Å²) < 4.78 is 57.5. The van der Waals surface area contributed by atoms with E-state index in [0.29, 0.717) is 0 Å². The summed E-state index contributed by atoms with van der Waals surface area (Å²) in [5, 5.41) is 0. The van der Waals surface area contributed by atoms with E-state index < -0.39 is 24.9 Å². The van der Waals surface area contributed by atoms with E-state index in [1.165, 1.54) is 6.07 Å². The number of aromatic nitrogens is 1. The molecular formula is C10H9F4NO3. The van der Waals surface area contributed by atoms with Gasteiger partial charge in [0, 0.05) is 12.3 Å². The summed E-state index contributed by atoms with van der Waals surface area (Å²) in [7, 11) is 1.16. The Bertz CT molecular complexity index is 408. The molecule has 0 aliphatic heterocycles. The number of hydrogen-bond acceptors (Lipinski definition) is 4. The number of halogens is 4. The van der Waals surface area contributed by atoms with Crippen LogP contribution in [-0.2, 0) is 4.74 Å². The van der Waals surface area contributed by atoms with E-state index in [2.05, 4.69) is 14.5 Å². The second-order valence-electron chi connectivity index (χ2n) is 3.23. The van der Waals surface area contributed by atoms with Crippen LogP contribution in [0.4, 0.5) is 17.6 Å². The number of nitrogens with zero attached hydrogens (tertiary/aromatic N) is 1. The lowest BCUT2D eigenvalue weighted by Crippen LogP contribution is -2.33. The Morgan fingerprint density at radius 1 is 1.44 bits per heavy atom. The molecule has 0 unspecified atom stereocenters. The van der Waals surface area contributed by atoms with Crippen molar-refractivity contribution in [3.8, 4) is 5.88 Å². The number of methoxy groups -OCH3 is 1. The average Bonchev–Trinajstić information content (AvgIpc) is 2.36. The van der Waals surface area contributed by atoms with Crippen LogP contribution in [0.2, 0.25) is 0 Å². The molecule has 100 valence electrons. The molecule has 0 radical (unpaired) electrons. The van der Waals surface area contributed by atoms with E-state index in [9.17, 15) is 22.4 Å². The molecule has 0 aromatic carbocycles. The molecule has 0 saturated heterocycles. The Kier molecular flexibility index (Phi) is 4.46. The maximum Gasteiger partial charge on any atom is 0.340 e. The number of carbonyl (C=O) groups excluding carboxylic acids is 1. The number of hydrogen-bond donors (Lipinski definition) is 0. The Morgan fingerprint density at radius 3 is 2.56 bits per heavy atom. The lowest BCUT2D eigenvalue weighted by Gasteiger charge is -2.15. The zero-order valence-electron chi connectivity index (χ0n) is 9.20. The molecule has 0 bridgehead atoms. The highest BCUT2D eigenvalue weighted by molar-refractivity contribution is 5.88. The van der Waals surface area contributed by atoms with Crippen molar-refractivity contribution in [1.29, 1.82) is 0 Å². The Labute approximate surface area is 99.5 Å². The molecule has 0 amide bonds. The number of pyridine rings is 1. The third-order valence-corrected chi connectivity index (χ3v) is 1.89. The molecule has 0 N–H and O–H groups in total. The van der Waals surface area contributed by atoms with Crippen molar-refractivity contribution in [1.82, 2.24) is 4.98 Å². The largest absolute Gasteiger partial charge is 0.471 e. The van der Waals surface area contributed by atoms with E-state index in [1.807, 2.05) is 0 Å². The molecule has 0 spiro atoms. The van der Waals surface area contributed by atoms with Gasteiger partial charge in [-0.25, -0.2) is 18.6 Å². The summed E-state index contributed by atoms with van der Waals surface area (Å²) in [6.07, 6.45) is -2.78. The van der Waals surface area contributed by atoms with Gasteiger partial charge in [0.25, 0.3) is 0 Å². The lowest BCUT2D eigenvalue weighted by atomic mass is 10.3. The topological polar surface area (TPSA) is 48.4 Å². The predicted molar refractivity (Wildman–Crippen MR) is 52.0 cm³/mol. The highest BCUT2D eigenvalue weighted by Crippen LogP contribution is 2.23. The summed E-state index contributed by atoms with van der Waals surface area (Å²) in [5.74, 6) is -5.20. The zero-order valence-corrected chi connectivity index (χ0v) is 9.20. The first-order valence-corrected chi connectivity index (χ1v) is 4.70. The van der Waals surface area contributed by atoms with E-state index in [4.69, 9.17) is 0 Å². The molecule has 18 heavy (non-hydrogen) atoms. The highest BCUT2D eigenvalue weighted by atomic mass is 19.3. The van der Waals surface area contributed by atoms with Gasteiger partial charge in [-0.2, -0.15) is 8.78 Å². The molecule has 0 atom stereocenters. The third-order valence-electron chi connectivity index (χ3n) is 1.89. The van der Waals surface area contributed by atoms with Crippen molar-refractivity contribution in [3.05, 3.63) is 23.9 Å². The Hall–Kier alpha value is -1.86. The van der Waals surface area contributed by atoms with E-state index >= 15 is 0 Å². The summed E-state index contributed by atoms with van der Waals surface area (Å²) in [6, 6.07) is 2.32. The van der Waals surface area contributed by atoms with E-state index in [0.717, 1.165) is 19.4 Å². The molecule has 1 aromatic heterocycles. The van der Waals surface area contributed by atoms with Gasteiger partial charge < -0.3 is 9.47 Å². The fourth-order valence-corrected chi connectivity index (χ4v) is 0.937. The van der Waals surface area contributed by atoms with Crippen molar-refractivity contribution < 1.29 is 31.8 Å². The predicted octanol–water partition coefficient (Wildman–Crippen LogP) is 2.15. The van der Waals surface area contributed by atoms with Crippen LogP contribution in [0.15, 0.2) is 18.3 Å². The number of carbonyl (C=O) groups is 1. The molecule has 0 saturated carbocycles. The van der Waals surface area contributed by atoms with Gasteiger partial charge in [0.1, 0.15) is 0 Å². The first-order chi connectivity index (χ1) is 8.36. The monoisotopic (exact) mass is 267 g/mol. The van der Waals surface area contributed by atoms with Crippen molar-refractivity contribution in [3.63, 3.8) is 0 Å². The maximum absolute atomic E-state index is 12.5. The van der Waals surface area contributed by atoms with Gasteiger partial charge in [0.15, 0.2) is 6.61 Å². The number of esters is 1. The Morgan fingerprint density at radius 2 is 2.11 bits per heavy atom. The minimum Gasteiger partial charge on any atom is -0.471 e. The SMILES string of the molecule is COC(=O)c1ccc(OCC(F)(F)C(F)F)nc1. The number of ether oxygens (including phenoxy) is 2. The summed E-state index contributed by atoms with van der Waals surface area (Å²) in [6.45, 7) is -1.49. The van der Waals surface area contributed by atoms with Gasteiger partial charge >= 0.3 is 18.3 Å². The molecule has 0 aliphatic rings. The van der Waals surface area contributed by atoms with Crippen LogP contribution < -0.4 is 4.74 Å². The molecule has 4 nitrogen and oxygen atoms in total. The van der Waals surface area contributed by atoms with Crippen LogP contribution in [-0.4, -0.2) is 37.0 Å². The fraction of sp³-hybridized carbons (Fsp3) is 0.400. The zero-order chi connectivity index (χ0) is 13.8. The molecule has 1 heterocycles. The normalized spacial score (nSPS) is 11.4. The minimum atomic E-state index is -4.25. The molecule has 1 rings (SSSR count). The Balaban J connectivity index is 2.62. The summed E-state index contributed by atoms with van der Waals surface area (Å²) in [5.41, 5.74) is 0.0884. The van der Waals surface area contributed by atoms with Crippen LogP contribution in [0.25, 0.3) is 0 Å². The molecule has 0 fully saturated rings. The molecule has 8 heteroatoms. The van der Waals surface area contributed by atoms with Crippen LogP contribution >= 0.6 is 0 Å². The molecule has 1 aromatic rings. The highest BCUT2D eigenvalue weighted by Gasteiger charge is 2.41. The van der Waals surface area contributed by atoms with E-state index in [-0.39, 0.29) is 11.4 Å². The van der Waals surface area contributed by atoms with Crippen LogP contribution in [0.5, 0.6) is 5.88 Å². The van der Waals surface area contributed by atoms with E-state index in [1.54, 1.807) is 0 Å². The molecule has 0 aliphatic carbocycles. The molecular weight excluding hydrogens is 258 g/mol. The van der Waals surface area contributed by atoms with Crippen molar-refractivity contribution in [2.75, 3.05) is 13.7 Å².